The molecule has 0 spiro atoms. The fourth-order valence-electron chi connectivity index (χ4n) is 3.36. The van der Waals surface area contributed by atoms with Gasteiger partial charge in [0, 0.05) is 37.5 Å². The summed E-state index contributed by atoms with van der Waals surface area (Å²) in [7, 11) is 1.78. The highest BCUT2D eigenvalue weighted by Gasteiger charge is 2.27. The zero-order chi connectivity index (χ0) is 19.4. The van der Waals surface area contributed by atoms with E-state index in [-0.39, 0.29) is 17.9 Å². The third-order valence-electron chi connectivity index (χ3n) is 4.99. The van der Waals surface area contributed by atoms with Crippen LogP contribution in [-0.4, -0.2) is 34.8 Å². The monoisotopic (exact) mass is 363 g/mol. The van der Waals surface area contributed by atoms with Gasteiger partial charge in [-0.05, 0) is 24.1 Å². The van der Waals surface area contributed by atoms with Crippen molar-refractivity contribution < 1.29 is 9.59 Å². The molecule has 140 valence electrons. The maximum atomic E-state index is 13.2. The number of hydrogen-bond donors (Lipinski definition) is 2. The van der Waals surface area contributed by atoms with Gasteiger partial charge in [-0.15, -0.1) is 0 Å². The lowest BCUT2D eigenvalue weighted by Crippen LogP contribution is -2.48. The Kier molecular flexibility index (Phi) is 5.60. The van der Waals surface area contributed by atoms with Crippen molar-refractivity contribution in [2.24, 2.45) is 0 Å². The van der Waals surface area contributed by atoms with E-state index in [4.69, 9.17) is 0 Å². The molecule has 0 fully saturated rings. The van der Waals surface area contributed by atoms with Crippen molar-refractivity contribution in [2.75, 3.05) is 7.05 Å². The number of H-pyrrole nitrogens is 1. The van der Waals surface area contributed by atoms with Crippen LogP contribution in [0, 0.1) is 0 Å². The molecule has 27 heavy (non-hydrogen) atoms. The minimum atomic E-state index is -0.613. The molecule has 0 aliphatic heterocycles. The summed E-state index contributed by atoms with van der Waals surface area (Å²) in [5.41, 5.74) is 3.09. The number of nitrogens with one attached hydrogen (secondary N) is 2. The quantitative estimate of drug-likeness (QED) is 0.705. The summed E-state index contributed by atoms with van der Waals surface area (Å²) in [5.74, 6) is -0.319. The van der Waals surface area contributed by atoms with Crippen LogP contribution in [0.2, 0.25) is 0 Å². The second kappa shape index (κ2) is 8.08. The molecular weight excluding hydrogens is 338 g/mol. The number of nitrogens with zero attached hydrogens (tertiary/aromatic N) is 1. The Balaban J connectivity index is 1.83. The van der Waals surface area contributed by atoms with E-state index in [2.05, 4.69) is 10.3 Å². The minimum absolute atomic E-state index is 0.0853. The molecule has 3 rings (SSSR count). The van der Waals surface area contributed by atoms with Crippen LogP contribution in [0.25, 0.3) is 10.9 Å². The van der Waals surface area contributed by atoms with Gasteiger partial charge < -0.3 is 15.2 Å². The van der Waals surface area contributed by atoms with E-state index < -0.39 is 6.04 Å². The summed E-state index contributed by atoms with van der Waals surface area (Å²) in [6.07, 6.45) is 2.35. The number of para-hydroxylation sites is 1. The second-order valence-electron chi connectivity index (χ2n) is 6.85. The number of aromatic nitrogens is 1. The summed E-state index contributed by atoms with van der Waals surface area (Å²) in [5, 5.41) is 3.89. The Morgan fingerprint density at radius 2 is 1.74 bits per heavy atom. The molecule has 1 aromatic heterocycles. The van der Waals surface area contributed by atoms with Crippen LogP contribution in [0.15, 0.2) is 60.8 Å². The molecule has 0 saturated heterocycles. The summed E-state index contributed by atoms with van der Waals surface area (Å²) in [4.78, 5) is 29.8. The van der Waals surface area contributed by atoms with Gasteiger partial charge in [-0.1, -0.05) is 48.5 Å². The fraction of sp³-hybridized carbons (Fsp3) is 0.273. The molecule has 0 aliphatic carbocycles. The lowest BCUT2D eigenvalue weighted by atomic mass is 10.0. The molecule has 2 amide bonds. The number of amides is 2. The van der Waals surface area contributed by atoms with E-state index in [1.807, 2.05) is 67.7 Å². The van der Waals surface area contributed by atoms with Crippen molar-refractivity contribution in [1.29, 1.82) is 0 Å². The number of fused-ring (bicyclic) bond motifs is 1. The van der Waals surface area contributed by atoms with E-state index in [0.29, 0.717) is 6.42 Å². The van der Waals surface area contributed by atoms with Crippen LogP contribution in [0.1, 0.15) is 31.0 Å². The van der Waals surface area contributed by atoms with Crippen molar-refractivity contribution >= 4 is 22.7 Å². The molecule has 1 heterocycles. The third-order valence-corrected chi connectivity index (χ3v) is 4.99. The Morgan fingerprint density at radius 1 is 1.07 bits per heavy atom. The van der Waals surface area contributed by atoms with Crippen LogP contribution in [0.3, 0.4) is 0 Å². The fourth-order valence-corrected chi connectivity index (χ4v) is 3.36. The first-order valence-corrected chi connectivity index (χ1v) is 9.11. The number of carbonyl (C=O) groups is 2. The van der Waals surface area contributed by atoms with Gasteiger partial charge in [0.15, 0.2) is 0 Å². The summed E-state index contributed by atoms with van der Waals surface area (Å²) >= 11 is 0. The minimum Gasteiger partial charge on any atom is -0.361 e. The predicted octanol–water partition coefficient (Wildman–Crippen LogP) is 3.43. The van der Waals surface area contributed by atoms with E-state index in [1.54, 1.807) is 11.9 Å². The van der Waals surface area contributed by atoms with Crippen molar-refractivity contribution in [3.05, 3.63) is 71.9 Å². The largest absolute Gasteiger partial charge is 0.361 e. The second-order valence-corrected chi connectivity index (χ2v) is 6.85. The summed E-state index contributed by atoms with van der Waals surface area (Å²) in [6.45, 7) is 3.43. The maximum Gasteiger partial charge on any atom is 0.245 e. The SMILES string of the molecule is CC(=O)N[C@@H](Cc1c[nH]c2ccccc12)C(=O)N(C)[C@@H](C)c1ccccc1. The first-order valence-electron chi connectivity index (χ1n) is 9.11. The number of benzene rings is 2. The Bertz CT molecular complexity index is 933. The standard InChI is InChI=1S/C22H25N3O2/c1-15(17-9-5-4-6-10-17)25(3)22(27)21(24-16(2)26)13-18-14-23-20-12-8-7-11-19(18)20/h4-12,14-15,21,23H,13H2,1-3H3,(H,24,26)/t15-,21-/m0/s1. The number of carbonyl (C=O) groups excluding carboxylic acids is 2. The molecule has 0 saturated carbocycles. The van der Waals surface area contributed by atoms with Gasteiger partial charge in [0.05, 0.1) is 6.04 Å². The molecule has 2 aromatic carbocycles. The van der Waals surface area contributed by atoms with Gasteiger partial charge in [-0.3, -0.25) is 9.59 Å². The van der Waals surface area contributed by atoms with Gasteiger partial charge in [-0.2, -0.15) is 0 Å². The highest BCUT2D eigenvalue weighted by molar-refractivity contribution is 5.89. The Morgan fingerprint density at radius 3 is 2.44 bits per heavy atom. The van der Waals surface area contributed by atoms with Crippen LogP contribution in [-0.2, 0) is 16.0 Å². The molecule has 2 atom stereocenters. The molecule has 2 N–H and O–H groups in total. The topological polar surface area (TPSA) is 65.2 Å². The number of likely N-dealkylation sites (N-methyl/N-ethyl adjacent to an activating group) is 1. The smallest absolute Gasteiger partial charge is 0.245 e. The molecule has 0 bridgehead atoms. The first kappa shape index (κ1) is 18.7. The maximum absolute atomic E-state index is 13.2. The van der Waals surface area contributed by atoms with Crippen molar-refractivity contribution in [1.82, 2.24) is 15.2 Å². The van der Waals surface area contributed by atoms with E-state index in [1.165, 1.54) is 6.92 Å². The molecule has 5 heteroatoms. The summed E-state index contributed by atoms with van der Waals surface area (Å²) < 4.78 is 0. The highest BCUT2D eigenvalue weighted by Crippen LogP contribution is 2.22. The molecule has 0 aliphatic rings. The first-order chi connectivity index (χ1) is 13.0. The number of aromatic amines is 1. The molecule has 5 nitrogen and oxygen atoms in total. The Hall–Kier alpha value is -3.08. The number of rotatable bonds is 6. The third kappa shape index (κ3) is 4.19. The summed E-state index contributed by atoms with van der Waals surface area (Å²) in [6, 6.07) is 17.1. The van der Waals surface area contributed by atoms with E-state index >= 15 is 0 Å². The average molecular weight is 363 g/mol. The number of hydrogen-bond acceptors (Lipinski definition) is 2. The molecule has 3 aromatic rings. The van der Waals surface area contributed by atoms with Gasteiger partial charge >= 0.3 is 0 Å². The van der Waals surface area contributed by atoms with Gasteiger partial charge in [-0.25, -0.2) is 0 Å². The van der Waals surface area contributed by atoms with Crippen molar-refractivity contribution in [3.63, 3.8) is 0 Å². The van der Waals surface area contributed by atoms with Crippen LogP contribution >= 0.6 is 0 Å². The molecule has 0 unspecified atom stereocenters. The lowest BCUT2D eigenvalue weighted by molar-refractivity contribution is -0.136. The molecule has 0 radical (unpaired) electrons. The highest BCUT2D eigenvalue weighted by atomic mass is 16.2. The van der Waals surface area contributed by atoms with Crippen molar-refractivity contribution in [3.8, 4) is 0 Å². The van der Waals surface area contributed by atoms with Crippen LogP contribution < -0.4 is 5.32 Å². The van der Waals surface area contributed by atoms with E-state index in [9.17, 15) is 9.59 Å². The van der Waals surface area contributed by atoms with Crippen LogP contribution in [0.5, 0.6) is 0 Å². The Labute approximate surface area is 159 Å². The van der Waals surface area contributed by atoms with Gasteiger partial charge in [0.1, 0.15) is 6.04 Å². The van der Waals surface area contributed by atoms with Gasteiger partial charge in [0.2, 0.25) is 11.8 Å². The predicted molar refractivity (Wildman–Crippen MR) is 107 cm³/mol. The van der Waals surface area contributed by atoms with Gasteiger partial charge in [0.25, 0.3) is 0 Å². The van der Waals surface area contributed by atoms with E-state index in [0.717, 1.165) is 22.0 Å². The zero-order valence-electron chi connectivity index (χ0n) is 15.9. The average Bonchev–Trinajstić information content (AvgIpc) is 3.09. The zero-order valence-corrected chi connectivity index (χ0v) is 15.9. The lowest BCUT2D eigenvalue weighted by Gasteiger charge is -2.29. The normalized spacial score (nSPS) is 13.1. The molecular formula is C22H25N3O2. The van der Waals surface area contributed by atoms with Crippen molar-refractivity contribution in [2.45, 2.75) is 32.4 Å². The van der Waals surface area contributed by atoms with Crippen LogP contribution in [0.4, 0.5) is 0 Å².